The van der Waals surface area contributed by atoms with Crippen molar-refractivity contribution in [3.8, 4) is 5.75 Å². The van der Waals surface area contributed by atoms with Crippen molar-refractivity contribution in [1.82, 2.24) is 4.90 Å². The average molecular weight is 290 g/mol. The maximum atomic E-state index is 12.4. The third-order valence-corrected chi connectivity index (χ3v) is 3.31. The van der Waals surface area contributed by atoms with Gasteiger partial charge in [0.1, 0.15) is 5.75 Å². The van der Waals surface area contributed by atoms with Gasteiger partial charge in [-0.25, -0.2) is 0 Å². The summed E-state index contributed by atoms with van der Waals surface area (Å²) in [5.74, 6) is -0.292. The van der Waals surface area contributed by atoms with E-state index in [1.165, 1.54) is 6.07 Å². The summed E-state index contributed by atoms with van der Waals surface area (Å²) in [6, 6.07) is 14.3. The van der Waals surface area contributed by atoms with Crippen LogP contribution in [0, 0.1) is 0 Å². The first-order chi connectivity index (χ1) is 9.61. The highest BCUT2D eigenvalue weighted by molar-refractivity contribution is 6.30. The topological polar surface area (TPSA) is 40.5 Å². The van der Waals surface area contributed by atoms with Gasteiger partial charge in [-0.2, -0.15) is 0 Å². The van der Waals surface area contributed by atoms with Crippen molar-refractivity contribution < 1.29 is 9.90 Å². The summed E-state index contributed by atoms with van der Waals surface area (Å²) < 4.78 is 0. The van der Waals surface area contributed by atoms with Gasteiger partial charge in [0.05, 0.1) is 5.56 Å². The molecule has 0 aliphatic heterocycles. The molecular formula is C16H16ClNO2. The summed E-state index contributed by atoms with van der Waals surface area (Å²) in [4.78, 5) is 14.1. The molecule has 1 amide bonds. The molecule has 2 aromatic rings. The van der Waals surface area contributed by atoms with E-state index in [2.05, 4.69) is 0 Å². The number of nitrogens with zero attached hydrogens (tertiary/aromatic N) is 1. The maximum absolute atomic E-state index is 12.4. The van der Waals surface area contributed by atoms with Gasteiger partial charge in [0.2, 0.25) is 0 Å². The number of halogens is 1. The molecule has 0 spiro atoms. The molecule has 0 aromatic heterocycles. The number of benzene rings is 2. The van der Waals surface area contributed by atoms with Crippen molar-refractivity contribution in [3.05, 3.63) is 64.7 Å². The first-order valence-electron chi connectivity index (χ1n) is 6.43. The van der Waals surface area contributed by atoms with Gasteiger partial charge in [-0.1, -0.05) is 41.9 Å². The minimum absolute atomic E-state index is 0.0889. The Hall–Kier alpha value is -2.00. The smallest absolute Gasteiger partial charge is 0.257 e. The van der Waals surface area contributed by atoms with E-state index in [0.717, 1.165) is 5.56 Å². The number of carbonyl (C=O) groups is 1. The molecule has 0 aliphatic carbocycles. The number of rotatable bonds is 4. The van der Waals surface area contributed by atoms with Gasteiger partial charge < -0.3 is 10.0 Å². The number of hydrogen-bond donors (Lipinski definition) is 1. The minimum atomic E-state index is -0.203. The number of carbonyl (C=O) groups excluding carboxylic acids is 1. The number of phenols is 1. The highest BCUT2D eigenvalue weighted by Crippen LogP contribution is 2.23. The summed E-state index contributed by atoms with van der Waals surface area (Å²) in [6.45, 7) is 2.99. The molecule has 104 valence electrons. The maximum Gasteiger partial charge on any atom is 0.257 e. The Morgan fingerprint density at radius 1 is 1.20 bits per heavy atom. The predicted molar refractivity (Wildman–Crippen MR) is 80.0 cm³/mol. The predicted octanol–water partition coefficient (Wildman–Crippen LogP) is 3.71. The van der Waals surface area contributed by atoms with Crippen LogP contribution in [0.2, 0.25) is 5.02 Å². The van der Waals surface area contributed by atoms with E-state index < -0.39 is 0 Å². The highest BCUT2D eigenvalue weighted by atomic mass is 35.5. The summed E-state index contributed by atoms with van der Waals surface area (Å²) in [7, 11) is 0. The van der Waals surface area contributed by atoms with Crippen molar-refractivity contribution in [2.45, 2.75) is 13.5 Å². The molecule has 2 rings (SSSR count). The summed E-state index contributed by atoms with van der Waals surface area (Å²) >= 11 is 5.78. The molecule has 3 nitrogen and oxygen atoms in total. The Bertz CT molecular complexity index is 599. The largest absolute Gasteiger partial charge is 0.507 e. The summed E-state index contributed by atoms with van der Waals surface area (Å²) in [6.07, 6.45) is 0. The second-order valence-electron chi connectivity index (χ2n) is 4.47. The third-order valence-electron chi connectivity index (χ3n) is 3.08. The molecule has 0 unspecified atom stereocenters. The lowest BCUT2D eigenvalue weighted by atomic mass is 10.1. The van der Waals surface area contributed by atoms with Gasteiger partial charge in [0, 0.05) is 18.1 Å². The highest BCUT2D eigenvalue weighted by Gasteiger charge is 2.18. The van der Waals surface area contributed by atoms with Crippen LogP contribution in [0.15, 0.2) is 48.5 Å². The molecule has 0 aliphatic rings. The lowest BCUT2D eigenvalue weighted by Crippen LogP contribution is -2.30. The van der Waals surface area contributed by atoms with Crippen molar-refractivity contribution in [2.24, 2.45) is 0 Å². The molecule has 0 radical (unpaired) electrons. The van der Waals surface area contributed by atoms with Gasteiger partial charge in [0.25, 0.3) is 5.91 Å². The molecule has 1 N–H and O–H groups in total. The Kier molecular flexibility index (Phi) is 4.64. The number of phenolic OH excluding ortho intramolecular Hbond substituents is 1. The monoisotopic (exact) mass is 289 g/mol. The molecule has 0 saturated carbocycles. The quantitative estimate of drug-likeness (QED) is 0.932. The Balaban J connectivity index is 2.21. The van der Waals surface area contributed by atoms with E-state index in [-0.39, 0.29) is 17.2 Å². The van der Waals surface area contributed by atoms with E-state index in [9.17, 15) is 9.90 Å². The molecule has 0 atom stereocenters. The molecule has 0 saturated heterocycles. The zero-order valence-electron chi connectivity index (χ0n) is 11.2. The Morgan fingerprint density at radius 2 is 1.90 bits per heavy atom. The molecule has 0 bridgehead atoms. The minimum Gasteiger partial charge on any atom is -0.507 e. The Morgan fingerprint density at radius 3 is 2.50 bits per heavy atom. The second-order valence-corrected chi connectivity index (χ2v) is 4.90. The fourth-order valence-electron chi connectivity index (χ4n) is 1.99. The molecule has 4 heteroatoms. The van der Waals surface area contributed by atoms with Crippen molar-refractivity contribution in [2.75, 3.05) is 6.54 Å². The molecule has 20 heavy (non-hydrogen) atoms. The van der Waals surface area contributed by atoms with Crippen LogP contribution in [-0.4, -0.2) is 22.5 Å². The van der Waals surface area contributed by atoms with E-state index in [1.807, 2.05) is 37.3 Å². The van der Waals surface area contributed by atoms with Crippen molar-refractivity contribution in [1.29, 1.82) is 0 Å². The van der Waals surface area contributed by atoms with Gasteiger partial charge in [-0.05, 0) is 30.7 Å². The van der Waals surface area contributed by atoms with Crippen LogP contribution in [0.5, 0.6) is 5.75 Å². The van der Waals surface area contributed by atoms with Crippen molar-refractivity contribution >= 4 is 17.5 Å². The Labute approximate surface area is 123 Å². The lowest BCUT2D eigenvalue weighted by Gasteiger charge is -2.21. The SMILES string of the molecule is CCN(Cc1ccccc1)C(=O)c1ccc(Cl)cc1O. The van der Waals surface area contributed by atoms with Crippen LogP contribution in [0.3, 0.4) is 0 Å². The molecule has 2 aromatic carbocycles. The fraction of sp³-hybridized carbons (Fsp3) is 0.188. The van der Waals surface area contributed by atoms with Gasteiger partial charge in [0.15, 0.2) is 0 Å². The molecule has 0 fully saturated rings. The normalized spacial score (nSPS) is 10.3. The first-order valence-corrected chi connectivity index (χ1v) is 6.81. The second kappa shape index (κ2) is 6.44. The average Bonchev–Trinajstić information content (AvgIpc) is 2.45. The first kappa shape index (κ1) is 14.4. The van der Waals surface area contributed by atoms with E-state index in [1.54, 1.807) is 17.0 Å². The van der Waals surface area contributed by atoms with Crippen LogP contribution in [-0.2, 0) is 6.54 Å². The number of hydrogen-bond acceptors (Lipinski definition) is 2. The van der Waals surface area contributed by atoms with E-state index in [4.69, 9.17) is 11.6 Å². The zero-order chi connectivity index (χ0) is 14.5. The van der Waals surface area contributed by atoms with Crippen LogP contribution >= 0.6 is 11.6 Å². The summed E-state index contributed by atoms with van der Waals surface area (Å²) in [5, 5.41) is 10.2. The van der Waals surface area contributed by atoms with E-state index in [0.29, 0.717) is 18.1 Å². The lowest BCUT2D eigenvalue weighted by molar-refractivity contribution is 0.0749. The van der Waals surface area contributed by atoms with Gasteiger partial charge >= 0.3 is 0 Å². The van der Waals surface area contributed by atoms with E-state index >= 15 is 0 Å². The standard InChI is InChI=1S/C16H16ClNO2/c1-2-18(11-12-6-4-3-5-7-12)16(20)14-9-8-13(17)10-15(14)19/h3-10,19H,2,11H2,1H3. The van der Waals surface area contributed by atoms with Crippen LogP contribution in [0.1, 0.15) is 22.8 Å². The van der Waals surface area contributed by atoms with Crippen LogP contribution < -0.4 is 0 Å². The molecular weight excluding hydrogens is 274 g/mol. The zero-order valence-corrected chi connectivity index (χ0v) is 12.0. The van der Waals surface area contributed by atoms with Crippen LogP contribution in [0.4, 0.5) is 0 Å². The van der Waals surface area contributed by atoms with Gasteiger partial charge in [-0.3, -0.25) is 4.79 Å². The number of amides is 1. The van der Waals surface area contributed by atoms with Gasteiger partial charge in [-0.15, -0.1) is 0 Å². The van der Waals surface area contributed by atoms with Crippen molar-refractivity contribution in [3.63, 3.8) is 0 Å². The summed E-state index contributed by atoms with van der Waals surface area (Å²) in [5.41, 5.74) is 1.32. The third kappa shape index (κ3) is 3.31. The van der Waals surface area contributed by atoms with Crippen LogP contribution in [0.25, 0.3) is 0 Å². The fourth-order valence-corrected chi connectivity index (χ4v) is 2.15. The molecule has 0 heterocycles. The number of aromatic hydroxyl groups is 1.